The van der Waals surface area contributed by atoms with Crippen LogP contribution in [-0.4, -0.2) is 16.8 Å². The van der Waals surface area contributed by atoms with E-state index in [1.165, 1.54) is 6.07 Å². The molecule has 4 rings (SSSR count). The molecule has 2 amide bonds. The molecule has 1 aliphatic rings. The van der Waals surface area contributed by atoms with E-state index in [0.717, 1.165) is 24.1 Å². The van der Waals surface area contributed by atoms with E-state index >= 15 is 0 Å². The van der Waals surface area contributed by atoms with Crippen molar-refractivity contribution in [3.05, 3.63) is 64.6 Å². The van der Waals surface area contributed by atoms with Gasteiger partial charge in [-0.3, -0.25) is 9.59 Å². The number of nitrogens with one attached hydrogen (secondary N) is 3. The van der Waals surface area contributed by atoms with E-state index in [9.17, 15) is 14.0 Å². The lowest BCUT2D eigenvalue weighted by Crippen LogP contribution is -2.26. The lowest BCUT2D eigenvalue weighted by atomic mass is 10.1. The maximum absolute atomic E-state index is 14.1. The van der Waals surface area contributed by atoms with Crippen LogP contribution in [0.3, 0.4) is 0 Å². The Morgan fingerprint density at radius 1 is 1.18 bits per heavy atom. The Balaban J connectivity index is 1.44. The van der Waals surface area contributed by atoms with Gasteiger partial charge in [-0.05, 0) is 49.6 Å². The molecule has 1 fully saturated rings. The SMILES string of the molecule is CC(NC(=O)c1cc2ccc(Cl)c(F)c2[nH]1)c1ccc(NC(=O)C2CC2)cc1. The Hall–Kier alpha value is -2.86. The quantitative estimate of drug-likeness (QED) is 0.576. The van der Waals surface area contributed by atoms with Crippen LogP contribution in [0.1, 0.15) is 41.9 Å². The molecule has 7 heteroatoms. The standard InChI is InChI=1S/C21H19ClFN3O2/c1-11(12-4-7-15(8-5-12)25-20(27)13-2-3-13)24-21(28)17-10-14-6-9-16(22)18(23)19(14)26-17/h4-11,13,26H,2-3H2,1H3,(H,24,28)(H,25,27). The number of carbonyl (C=O) groups excluding carboxylic acids is 2. The Labute approximate surface area is 166 Å². The molecule has 1 aromatic heterocycles. The third-order valence-electron chi connectivity index (χ3n) is 4.91. The Morgan fingerprint density at radius 2 is 1.89 bits per heavy atom. The van der Waals surface area contributed by atoms with E-state index in [1.807, 2.05) is 31.2 Å². The van der Waals surface area contributed by atoms with Crippen LogP contribution in [-0.2, 0) is 4.79 Å². The predicted octanol–water partition coefficient (Wildman–Crippen LogP) is 4.80. The lowest BCUT2D eigenvalue weighted by Gasteiger charge is -2.14. The van der Waals surface area contributed by atoms with Crippen LogP contribution in [0.2, 0.25) is 5.02 Å². The predicted molar refractivity (Wildman–Crippen MR) is 107 cm³/mol. The third-order valence-corrected chi connectivity index (χ3v) is 5.20. The molecule has 1 saturated carbocycles. The smallest absolute Gasteiger partial charge is 0.268 e. The lowest BCUT2D eigenvalue weighted by molar-refractivity contribution is -0.117. The summed E-state index contributed by atoms with van der Waals surface area (Å²) in [6, 6.07) is 11.8. The van der Waals surface area contributed by atoms with Gasteiger partial charge in [-0.15, -0.1) is 0 Å². The third kappa shape index (κ3) is 3.73. The molecule has 144 valence electrons. The van der Waals surface area contributed by atoms with Gasteiger partial charge in [-0.1, -0.05) is 29.8 Å². The van der Waals surface area contributed by atoms with E-state index < -0.39 is 5.82 Å². The van der Waals surface area contributed by atoms with Crippen LogP contribution in [0.5, 0.6) is 0 Å². The number of carbonyl (C=O) groups is 2. The number of H-pyrrole nitrogens is 1. The number of benzene rings is 2. The van der Waals surface area contributed by atoms with Crippen molar-refractivity contribution < 1.29 is 14.0 Å². The number of anilines is 1. The van der Waals surface area contributed by atoms with Crippen LogP contribution in [0.25, 0.3) is 10.9 Å². The number of hydrogen-bond acceptors (Lipinski definition) is 2. The van der Waals surface area contributed by atoms with Crippen LogP contribution in [0.4, 0.5) is 10.1 Å². The minimum absolute atomic E-state index is 0.00328. The highest BCUT2D eigenvalue weighted by Gasteiger charge is 2.29. The van der Waals surface area contributed by atoms with Gasteiger partial charge in [-0.25, -0.2) is 4.39 Å². The first-order valence-electron chi connectivity index (χ1n) is 9.11. The molecule has 3 N–H and O–H groups in total. The molecule has 28 heavy (non-hydrogen) atoms. The second-order valence-electron chi connectivity index (χ2n) is 7.09. The number of rotatable bonds is 5. The summed E-state index contributed by atoms with van der Waals surface area (Å²) in [5, 5.41) is 6.35. The number of amides is 2. The first-order valence-corrected chi connectivity index (χ1v) is 9.48. The molecular weight excluding hydrogens is 381 g/mol. The fourth-order valence-corrected chi connectivity index (χ4v) is 3.22. The van der Waals surface area contributed by atoms with Crippen molar-refractivity contribution >= 4 is 40.0 Å². The Bertz CT molecular complexity index is 1060. The van der Waals surface area contributed by atoms with Gasteiger partial charge < -0.3 is 15.6 Å². The van der Waals surface area contributed by atoms with Crippen LogP contribution >= 0.6 is 11.6 Å². The molecule has 0 saturated heterocycles. The molecule has 3 aromatic rings. The van der Waals surface area contributed by atoms with Crippen molar-refractivity contribution in [3.8, 4) is 0 Å². The maximum atomic E-state index is 14.1. The summed E-state index contributed by atoms with van der Waals surface area (Å²) >= 11 is 5.78. The van der Waals surface area contributed by atoms with Crippen molar-refractivity contribution in [2.75, 3.05) is 5.32 Å². The molecule has 1 unspecified atom stereocenters. The molecule has 1 aliphatic carbocycles. The van der Waals surface area contributed by atoms with Gasteiger partial charge in [0.1, 0.15) is 5.69 Å². The van der Waals surface area contributed by atoms with E-state index in [0.29, 0.717) is 5.39 Å². The average Bonchev–Trinajstić information content (AvgIpc) is 3.44. The molecule has 5 nitrogen and oxygen atoms in total. The van der Waals surface area contributed by atoms with Crippen molar-refractivity contribution in [1.82, 2.24) is 10.3 Å². The Kier molecular flexibility index (Phi) is 4.81. The van der Waals surface area contributed by atoms with Gasteiger partial charge in [-0.2, -0.15) is 0 Å². The van der Waals surface area contributed by atoms with Gasteiger partial charge in [0.2, 0.25) is 5.91 Å². The first kappa shape index (κ1) is 18.5. The number of halogens is 2. The zero-order valence-electron chi connectivity index (χ0n) is 15.2. The van der Waals surface area contributed by atoms with Gasteiger partial charge in [0.15, 0.2) is 5.82 Å². The number of aromatic nitrogens is 1. The summed E-state index contributed by atoms with van der Waals surface area (Å²) in [6.45, 7) is 1.86. The minimum atomic E-state index is -0.574. The summed E-state index contributed by atoms with van der Waals surface area (Å²) in [6.07, 6.45) is 1.91. The largest absolute Gasteiger partial charge is 0.348 e. The van der Waals surface area contributed by atoms with E-state index in [-0.39, 0.29) is 40.0 Å². The topological polar surface area (TPSA) is 74.0 Å². The van der Waals surface area contributed by atoms with Gasteiger partial charge in [0.25, 0.3) is 5.91 Å². The van der Waals surface area contributed by atoms with Crippen LogP contribution in [0, 0.1) is 11.7 Å². The van der Waals surface area contributed by atoms with Crippen LogP contribution < -0.4 is 10.6 Å². The normalized spacial score (nSPS) is 14.7. The molecule has 0 aliphatic heterocycles. The molecule has 1 atom stereocenters. The second-order valence-corrected chi connectivity index (χ2v) is 7.50. The van der Waals surface area contributed by atoms with E-state index in [4.69, 9.17) is 11.6 Å². The monoisotopic (exact) mass is 399 g/mol. The zero-order chi connectivity index (χ0) is 19.8. The molecule has 0 radical (unpaired) electrons. The highest BCUT2D eigenvalue weighted by atomic mass is 35.5. The number of aromatic amines is 1. The van der Waals surface area contributed by atoms with Crippen molar-refractivity contribution in [2.45, 2.75) is 25.8 Å². The summed E-state index contributed by atoms with van der Waals surface area (Å²) in [4.78, 5) is 27.1. The summed E-state index contributed by atoms with van der Waals surface area (Å²) < 4.78 is 14.1. The van der Waals surface area contributed by atoms with Crippen LogP contribution in [0.15, 0.2) is 42.5 Å². The molecule has 0 spiro atoms. The minimum Gasteiger partial charge on any atom is -0.348 e. The summed E-state index contributed by atoms with van der Waals surface area (Å²) in [5.41, 5.74) is 2.10. The van der Waals surface area contributed by atoms with Crippen molar-refractivity contribution in [3.63, 3.8) is 0 Å². The van der Waals surface area contributed by atoms with E-state index in [2.05, 4.69) is 15.6 Å². The maximum Gasteiger partial charge on any atom is 0.268 e. The number of fused-ring (bicyclic) bond motifs is 1. The fourth-order valence-electron chi connectivity index (χ4n) is 3.06. The van der Waals surface area contributed by atoms with Crippen molar-refractivity contribution in [1.29, 1.82) is 0 Å². The molecule has 2 aromatic carbocycles. The molecule has 0 bridgehead atoms. The van der Waals surface area contributed by atoms with Gasteiger partial charge >= 0.3 is 0 Å². The zero-order valence-corrected chi connectivity index (χ0v) is 15.9. The van der Waals surface area contributed by atoms with E-state index in [1.54, 1.807) is 12.1 Å². The highest BCUT2D eigenvalue weighted by Crippen LogP contribution is 2.30. The van der Waals surface area contributed by atoms with Crippen molar-refractivity contribution in [2.24, 2.45) is 5.92 Å². The van der Waals surface area contributed by atoms with Gasteiger partial charge in [0.05, 0.1) is 16.6 Å². The summed E-state index contributed by atoms with van der Waals surface area (Å²) in [5.74, 6) is -0.713. The molecule has 1 heterocycles. The molecular formula is C21H19ClFN3O2. The first-order chi connectivity index (χ1) is 13.4. The second kappa shape index (κ2) is 7.28. The fraction of sp³-hybridized carbons (Fsp3) is 0.238. The van der Waals surface area contributed by atoms with Gasteiger partial charge in [0, 0.05) is 17.0 Å². The summed E-state index contributed by atoms with van der Waals surface area (Å²) in [7, 11) is 0. The number of hydrogen-bond donors (Lipinski definition) is 3. The average molecular weight is 400 g/mol. The Morgan fingerprint density at radius 3 is 2.57 bits per heavy atom. The highest BCUT2D eigenvalue weighted by molar-refractivity contribution is 6.31.